The van der Waals surface area contributed by atoms with E-state index in [1.807, 2.05) is 211 Å². The molecule has 9 aromatic heterocycles. The number of benzene rings is 13. The van der Waals surface area contributed by atoms with E-state index in [0.29, 0.717) is 0 Å². The SMILES string of the molecule is Cc1cc(C)n(-c2[c-]cc(-c3ccc4c5ccccc5n(-c5ccccc5)c4c3)cc2)n1.Cc1cc(C)n(-c2[c-]cccc2)n1.Cc1cc(C)n(-c2[c-]cccc2)n1.[Ir].[Ir].[Ir].[c-]1cc(-c2ccc3c(c2)oc2ccccc23)ccc1-n1cccn1.[c-]1cc(-c2ccc3c(c2)sc2ccccc23)ccc1-n1cccn1.[c-]1ccccc1-n1cccn1. The van der Waals surface area contributed by atoms with Crippen LogP contribution in [0.4, 0.5) is 0 Å². The molecule has 0 bridgehead atoms. The Bertz CT molecular complexity index is 6770. The van der Waals surface area contributed by atoms with Crippen LogP contribution in [0.5, 0.6) is 0 Å². The van der Waals surface area contributed by atoms with Gasteiger partial charge in [0.05, 0.1) is 28.1 Å². The number of thiophene rings is 1. The molecule has 595 valence electrons. The molecular weight excluding hydrogens is 2030 g/mol. The van der Waals surface area contributed by atoms with Crippen molar-refractivity contribution in [3.63, 3.8) is 0 Å². The molecular formula is C102H77Ir3N13OS-6. The van der Waals surface area contributed by atoms with Gasteiger partial charge in [-0.15, -0.1) is 64.4 Å². The molecule has 0 N–H and O–H groups in total. The van der Waals surface area contributed by atoms with Gasteiger partial charge < -0.3 is 8.98 Å². The van der Waals surface area contributed by atoms with Crippen LogP contribution < -0.4 is 0 Å². The Balaban J connectivity index is 0.000000122. The van der Waals surface area contributed by atoms with Crippen molar-refractivity contribution in [3.8, 4) is 73.2 Å². The average Bonchev–Trinajstić information content (AvgIpc) is 1.59. The summed E-state index contributed by atoms with van der Waals surface area (Å²) in [5.41, 5.74) is 24.6. The Morgan fingerprint density at radius 2 is 0.667 bits per heavy atom. The number of nitrogens with zero attached hydrogens (tertiary/aromatic N) is 13. The third-order valence-electron chi connectivity index (χ3n) is 19.9. The molecule has 14 nitrogen and oxygen atoms in total. The molecule has 0 spiro atoms. The minimum Gasteiger partial charge on any atom is -0.456 e. The molecule has 0 saturated heterocycles. The predicted molar refractivity (Wildman–Crippen MR) is 474 cm³/mol. The topological polar surface area (TPSA) is 125 Å². The average molecular weight is 2110 g/mol. The van der Waals surface area contributed by atoms with E-state index in [9.17, 15) is 0 Å². The van der Waals surface area contributed by atoms with Gasteiger partial charge in [0.2, 0.25) is 0 Å². The summed E-state index contributed by atoms with van der Waals surface area (Å²) < 4.78 is 22.1. The fourth-order valence-corrected chi connectivity index (χ4v) is 15.6. The molecule has 22 aromatic rings. The van der Waals surface area contributed by atoms with Crippen molar-refractivity contribution >= 4 is 75.3 Å². The molecule has 18 heteroatoms. The molecule has 0 saturated carbocycles. The molecule has 0 amide bonds. The second-order valence-corrected chi connectivity index (χ2v) is 29.1. The zero-order chi connectivity index (χ0) is 79.6. The van der Waals surface area contributed by atoms with Gasteiger partial charge in [-0.25, -0.2) is 0 Å². The van der Waals surface area contributed by atoms with Crippen LogP contribution in [0.25, 0.3) is 137 Å². The number of hydrogen-bond acceptors (Lipinski definition) is 8. The number of furan rings is 1. The van der Waals surface area contributed by atoms with Crippen LogP contribution in [0.1, 0.15) is 34.2 Å². The van der Waals surface area contributed by atoms with Crippen molar-refractivity contribution in [1.29, 1.82) is 0 Å². The number of aromatic nitrogens is 13. The van der Waals surface area contributed by atoms with Gasteiger partial charge in [0.1, 0.15) is 11.2 Å². The summed E-state index contributed by atoms with van der Waals surface area (Å²) >= 11 is 1.85. The van der Waals surface area contributed by atoms with Crippen LogP contribution in [0.3, 0.4) is 0 Å². The summed E-state index contributed by atoms with van der Waals surface area (Å²) in [4.78, 5) is 0. The minimum absolute atomic E-state index is 0. The Hall–Kier alpha value is -13.1. The van der Waals surface area contributed by atoms with Gasteiger partial charge in [-0.05, 0) is 161 Å². The van der Waals surface area contributed by atoms with Gasteiger partial charge in [-0.3, -0.25) is 28.1 Å². The molecule has 0 atom stereocenters. The van der Waals surface area contributed by atoms with Gasteiger partial charge >= 0.3 is 0 Å². The van der Waals surface area contributed by atoms with E-state index < -0.39 is 0 Å². The number of para-hydroxylation sites is 6. The molecule has 0 unspecified atom stereocenters. The number of aryl methyl sites for hydroxylation is 6. The summed E-state index contributed by atoms with van der Waals surface area (Å²) in [6.45, 7) is 12.2. The van der Waals surface area contributed by atoms with Crippen LogP contribution in [0.15, 0.2) is 363 Å². The smallest absolute Gasteiger partial charge is 0.135 e. The summed E-state index contributed by atoms with van der Waals surface area (Å²) in [7, 11) is 0. The van der Waals surface area contributed by atoms with Gasteiger partial charge in [0, 0.05) is 162 Å². The summed E-state index contributed by atoms with van der Waals surface area (Å²) in [5, 5.41) is 33.3. The first kappa shape index (κ1) is 83.4. The molecule has 0 fully saturated rings. The first-order valence-electron chi connectivity index (χ1n) is 38.5. The van der Waals surface area contributed by atoms with Crippen molar-refractivity contribution in [1.82, 2.24) is 63.3 Å². The van der Waals surface area contributed by atoms with E-state index in [2.05, 4.69) is 273 Å². The number of rotatable bonds is 10. The molecule has 0 aliphatic carbocycles. The first-order chi connectivity index (χ1) is 57.5. The first-order valence-corrected chi connectivity index (χ1v) is 39.3. The van der Waals surface area contributed by atoms with E-state index in [1.54, 1.807) is 28.0 Å². The van der Waals surface area contributed by atoms with Crippen LogP contribution in [0.2, 0.25) is 0 Å². The minimum atomic E-state index is 0. The van der Waals surface area contributed by atoms with Crippen LogP contribution in [0, 0.1) is 77.9 Å². The van der Waals surface area contributed by atoms with Crippen molar-refractivity contribution in [2.45, 2.75) is 41.5 Å². The van der Waals surface area contributed by atoms with Crippen LogP contribution >= 0.6 is 11.3 Å². The van der Waals surface area contributed by atoms with E-state index in [-0.39, 0.29) is 60.3 Å². The third kappa shape index (κ3) is 18.7. The zero-order valence-electron chi connectivity index (χ0n) is 66.2. The van der Waals surface area contributed by atoms with Crippen LogP contribution in [-0.4, -0.2) is 63.3 Å². The Morgan fingerprint density at radius 3 is 1.14 bits per heavy atom. The van der Waals surface area contributed by atoms with Crippen molar-refractivity contribution in [2.75, 3.05) is 0 Å². The fourth-order valence-electron chi connectivity index (χ4n) is 14.4. The summed E-state index contributed by atoms with van der Waals surface area (Å²) in [6.07, 6.45) is 11.0. The van der Waals surface area contributed by atoms with E-state index in [1.165, 1.54) is 64.4 Å². The van der Waals surface area contributed by atoms with Crippen molar-refractivity contribution < 1.29 is 64.7 Å². The largest absolute Gasteiger partial charge is 0.456 e. The predicted octanol–water partition coefficient (Wildman–Crippen LogP) is 24.2. The molecule has 9 heterocycles. The zero-order valence-corrected chi connectivity index (χ0v) is 74.2. The molecule has 13 aromatic carbocycles. The maximum Gasteiger partial charge on any atom is 0.135 e. The second kappa shape index (κ2) is 38.5. The molecule has 120 heavy (non-hydrogen) atoms. The van der Waals surface area contributed by atoms with E-state index >= 15 is 0 Å². The van der Waals surface area contributed by atoms with E-state index in [4.69, 9.17) is 4.42 Å². The molecule has 3 radical (unpaired) electrons. The van der Waals surface area contributed by atoms with E-state index in [0.717, 1.165) is 107 Å². The Morgan fingerprint density at radius 1 is 0.283 bits per heavy atom. The van der Waals surface area contributed by atoms with Crippen molar-refractivity contribution in [2.24, 2.45) is 0 Å². The molecule has 22 rings (SSSR count). The quantitative estimate of drug-likeness (QED) is 0.125. The second-order valence-electron chi connectivity index (χ2n) is 28.0. The summed E-state index contributed by atoms with van der Waals surface area (Å²) in [6, 6.07) is 129. The van der Waals surface area contributed by atoms with Gasteiger partial charge in [0.25, 0.3) is 0 Å². The number of hydrogen-bond donors (Lipinski definition) is 0. The molecule has 0 aliphatic rings. The third-order valence-corrected chi connectivity index (χ3v) is 21.0. The monoisotopic (exact) mass is 2110 g/mol. The number of fused-ring (bicyclic) bond motifs is 9. The van der Waals surface area contributed by atoms with Gasteiger partial charge in [-0.1, -0.05) is 126 Å². The Kier molecular flexibility index (Phi) is 26.8. The summed E-state index contributed by atoms with van der Waals surface area (Å²) in [5.74, 6) is 0. The Labute approximate surface area is 741 Å². The van der Waals surface area contributed by atoms with Gasteiger partial charge in [0.15, 0.2) is 0 Å². The fraction of sp³-hybridized carbons (Fsp3) is 0.0588. The van der Waals surface area contributed by atoms with Gasteiger partial charge in [-0.2, -0.15) is 158 Å². The maximum atomic E-state index is 5.97. The molecule has 0 aliphatic heterocycles. The van der Waals surface area contributed by atoms with Crippen LogP contribution in [-0.2, 0) is 60.3 Å². The standard InChI is InChI=1S/C29H22N3.C21H13N2O.C21H13N2S.2C11H11N2.C9H7N2.3Ir/c1-20-18-21(2)32(30-20)25-15-12-22(13-16-25)23-14-17-27-26-10-6-7-11-28(26)31(29(27)19-23)24-8-4-3-5-9-24;2*1-2-5-20-18(4-1)19-11-8-16(14-21(19)24-20)15-6-9-17(10-7-15)23-13-3-12-22-23;2*1-9-8-10(2)13(12-9)11-6-4-3-5-7-11;1-2-5-9(6-3-1)11-8-4-7-10-11;;;/h3-15,17-19H,1-2H3;2*1-9,11-14H;2*3-6,8H,1-2H3;1-5,7-8H;;;/q6*-1;;;. The maximum absolute atomic E-state index is 5.97. The normalized spacial score (nSPS) is 10.7. The van der Waals surface area contributed by atoms with Crippen molar-refractivity contribution in [3.05, 3.63) is 429 Å².